The van der Waals surface area contributed by atoms with Crippen LogP contribution in [0.2, 0.25) is 0 Å². The zero-order chi connectivity index (χ0) is 24.1. The summed E-state index contributed by atoms with van der Waals surface area (Å²) in [5.74, 6) is 0.626. The van der Waals surface area contributed by atoms with Gasteiger partial charge in [-0.2, -0.15) is 15.5 Å². The lowest BCUT2D eigenvalue weighted by Gasteiger charge is -2.21. The van der Waals surface area contributed by atoms with Crippen molar-refractivity contribution in [2.75, 3.05) is 18.5 Å². The molecule has 0 saturated carbocycles. The van der Waals surface area contributed by atoms with Gasteiger partial charge in [-0.3, -0.25) is 4.98 Å². The van der Waals surface area contributed by atoms with E-state index in [9.17, 15) is 5.26 Å². The van der Waals surface area contributed by atoms with E-state index in [0.29, 0.717) is 5.92 Å². The number of ether oxygens (including phenoxy) is 1. The number of rotatable bonds is 7. The Morgan fingerprint density at radius 3 is 2.65 bits per heavy atom. The molecule has 0 spiro atoms. The molecule has 0 atom stereocenters. The Morgan fingerprint density at radius 2 is 1.94 bits per heavy atom. The molecule has 6 heteroatoms. The molecule has 0 unspecified atom stereocenters. The molecule has 174 valence electrons. The van der Waals surface area contributed by atoms with E-state index in [1.807, 2.05) is 32.0 Å². The average molecular weight is 454 g/mol. The van der Waals surface area contributed by atoms with E-state index in [2.05, 4.69) is 64.3 Å². The van der Waals surface area contributed by atoms with Crippen molar-refractivity contribution >= 4 is 11.4 Å². The largest absolute Gasteiger partial charge is 0.381 e. The average Bonchev–Trinajstić information content (AvgIpc) is 2.86. The Balaban J connectivity index is 1.50. The second-order valence-electron chi connectivity index (χ2n) is 9.47. The highest BCUT2D eigenvalue weighted by atomic mass is 16.5. The Labute approximate surface area is 201 Å². The van der Waals surface area contributed by atoms with Gasteiger partial charge < -0.3 is 10.1 Å². The molecule has 0 amide bonds. The van der Waals surface area contributed by atoms with Crippen molar-refractivity contribution in [3.63, 3.8) is 0 Å². The lowest BCUT2D eigenvalue weighted by atomic mass is 9.90. The van der Waals surface area contributed by atoms with Gasteiger partial charge in [0, 0.05) is 41.9 Å². The van der Waals surface area contributed by atoms with Crippen LogP contribution in [0.5, 0.6) is 0 Å². The van der Waals surface area contributed by atoms with Crippen LogP contribution in [0.4, 0.5) is 5.69 Å². The van der Waals surface area contributed by atoms with Crippen molar-refractivity contribution in [2.45, 2.75) is 45.4 Å². The Kier molecular flexibility index (Phi) is 7.04. The number of anilines is 1. The molecule has 1 saturated heterocycles. The quantitative estimate of drug-likeness (QED) is 0.494. The van der Waals surface area contributed by atoms with Gasteiger partial charge in [0.2, 0.25) is 0 Å². The zero-order valence-corrected chi connectivity index (χ0v) is 20.1. The molecule has 3 heterocycles. The van der Waals surface area contributed by atoms with E-state index in [-0.39, 0.29) is 0 Å². The fourth-order valence-electron chi connectivity index (χ4n) is 4.10. The van der Waals surface area contributed by atoms with Crippen LogP contribution in [-0.4, -0.2) is 28.4 Å². The summed E-state index contributed by atoms with van der Waals surface area (Å²) in [6.45, 7) is 11.7. The third-order valence-corrected chi connectivity index (χ3v) is 6.40. The maximum absolute atomic E-state index is 9.43. The maximum atomic E-state index is 9.43. The van der Waals surface area contributed by atoms with Gasteiger partial charge >= 0.3 is 0 Å². The molecule has 6 nitrogen and oxygen atoms in total. The third kappa shape index (κ3) is 5.49. The molecule has 0 radical (unpaired) electrons. The Hall–Kier alpha value is -3.56. The predicted octanol–water partition coefficient (Wildman–Crippen LogP) is 5.70. The molecule has 0 aliphatic carbocycles. The van der Waals surface area contributed by atoms with E-state index in [4.69, 9.17) is 4.74 Å². The highest BCUT2D eigenvalue weighted by Gasteiger charge is 2.22. The predicted molar refractivity (Wildman–Crippen MR) is 135 cm³/mol. The topological polar surface area (TPSA) is 83.7 Å². The summed E-state index contributed by atoms with van der Waals surface area (Å²) in [7, 11) is 0. The number of benzene rings is 1. The van der Waals surface area contributed by atoms with E-state index >= 15 is 0 Å². The van der Waals surface area contributed by atoms with Crippen molar-refractivity contribution in [2.24, 2.45) is 5.92 Å². The van der Waals surface area contributed by atoms with E-state index in [1.54, 1.807) is 6.20 Å². The number of nitrogens with one attached hydrogen (secondary N) is 1. The number of nitrogens with zero attached hydrogens (tertiary/aromatic N) is 4. The number of aromatic nitrogens is 3. The molecule has 4 rings (SSSR count). The van der Waals surface area contributed by atoms with Gasteiger partial charge in [0.05, 0.1) is 28.6 Å². The smallest absolute Gasteiger partial charge is 0.0937 e. The molecule has 0 bridgehead atoms. The maximum Gasteiger partial charge on any atom is 0.0937 e. The van der Waals surface area contributed by atoms with Crippen LogP contribution in [0.25, 0.3) is 17.0 Å². The molecule has 2 aromatic heterocycles. The normalized spacial score (nSPS) is 14.4. The molecule has 1 aromatic carbocycles. The first-order valence-electron chi connectivity index (χ1n) is 11.7. The molecule has 1 fully saturated rings. The summed E-state index contributed by atoms with van der Waals surface area (Å²) in [6, 6.07) is 16.4. The minimum atomic E-state index is -0.664. The molecule has 34 heavy (non-hydrogen) atoms. The summed E-state index contributed by atoms with van der Waals surface area (Å²) >= 11 is 0. The van der Waals surface area contributed by atoms with Crippen LogP contribution in [0.3, 0.4) is 0 Å². The number of hydrogen-bond acceptors (Lipinski definition) is 6. The number of nitriles is 1. The third-order valence-electron chi connectivity index (χ3n) is 6.40. The molecule has 1 aliphatic heterocycles. The van der Waals surface area contributed by atoms with Crippen LogP contribution in [0, 0.1) is 24.2 Å². The van der Waals surface area contributed by atoms with Crippen LogP contribution < -0.4 is 5.32 Å². The minimum Gasteiger partial charge on any atom is -0.381 e. The van der Waals surface area contributed by atoms with Crippen molar-refractivity contribution in [3.05, 3.63) is 77.8 Å². The summed E-state index contributed by atoms with van der Waals surface area (Å²) < 4.78 is 5.46. The molecular weight excluding hydrogens is 422 g/mol. The van der Waals surface area contributed by atoms with Gasteiger partial charge in [-0.25, -0.2) is 0 Å². The first-order chi connectivity index (χ1) is 16.4. The SMILES string of the molecule is C=C(Nc1ccc(C)c(-c2ccc(CC3CCOCC3)nn2)c1)c1ccnc(C(C)(C)C#N)c1. The van der Waals surface area contributed by atoms with Gasteiger partial charge in [-0.1, -0.05) is 12.6 Å². The van der Waals surface area contributed by atoms with Crippen LogP contribution in [0.15, 0.2) is 55.2 Å². The molecular formula is C28H31N5O. The standard InChI is InChI=1S/C28H31N5O/c1-19-5-6-23(31-20(2)22-9-12-30-27(16-22)28(3,4)18-29)17-25(19)26-8-7-24(32-33-26)15-21-10-13-34-14-11-21/h5-9,12,16-17,21,31H,2,10-11,13-15H2,1,3-4H3. The molecule has 1 N–H and O–H groups in total. The van der Waals surface area contributed by atoms with Crippen LogP contribution >= 0.6 is 0 Å². The van der Waals surface area contributed by atoms with E-state index in [1.165, 1.54) is 0 Å². The van der Waals surface area contributed by atoms with Crippen molar-refractivity contribution in [3.8, 4) is 17.3 Å². The first kappa shape index (κ1) is 23.6. The lowest BCUT2D eigenvalue weighted by Crippen LogP contribution is -2.18. The van der Waals surface area contributed by atoms with E-state index in [0.717, 1.165) is 77.6 Å². The zero-order valence-electron chi connectivity index (χ0n) is 20.1. The van der Waals surface area contributed by atoms with Crippen molar-refractivity contribution < 1.29 is 4.74 Å². The van der Waals surface area contributed by atoms with Crippen molar-refractivity contribution in [1.82, 2.24) is 15.2 Å². The van der Waals surface area contributed by atoms with E-state index < -0.39 is 5.41 Å². The second kappa shape index (κ2) is 10.1. The highest BCUT2D eigenvalue weighted by molar-refractivity contribution is 5.78. The van der Waals surface area contributed by atoms with Crippen molar-refractivity contribution in [1.29, 1.82) is 5.26 Å². The Morgan fingerprint density at radius 1 is 1.15 bits per heavy atom. The summed E-state index contributed by atoms with van der Waals surface area (Å²) in [6.07, 6.45) is 4.85. The minimum absolute atomic E-state index is 0.626. The number of aryl methyl sites for hydroxylation is 1. The van der Waals surface area contributed by atoms with Crippen LogP contribution in [-0.2, 0) is 16.6 Å². The summed E-state index contributed by atoms with van der Waals surface area (Å²) in [5.41, 5.74) is 6.65. The van der Waals surface area contributed by atoms with Gasteiger partial charge in [-0.05, 0) is 87.9 Å². The monoisotopic (exact) mass is 453 g/mol. The highest BCUT2D eigenvalue weighted by Crippen LogP contribution is 2.28. The van der Waals surface area contributed by atoms with Gasteiger partial charge in [0.1, 0.15) is 0 Å². The number of pyridine rings is 1. The Bertz CT molecular complexity index is 1200. The molecule has 3 aromatic rings. The first-order valence-corrected chi connectivity index (χ1v) is 11.7. The van der Waals surface area contributed by atoms with Gasteiger partial charge in [0.15, 0.2) is 0 Å². The second-order valence-corrected chi connectivity index (χ2v) is 9.47. The van der Waals surface area contributed by atoms with Gasteiger partial charge in [-0.15, -0.1) is 0 Å². The summed E-state index contributed by atoms with van der Waals surface area (Å²) in [5, 5.41) is 21.9. The van der Waals surface area contributed by atoms with Gasteiger partial charge in [0.25, 0.3) is 0 Å². The summed E-state index contributed by atoms with van der Waals surface area (Å²) in [4.78, 5) is 4.37. The van der Waals surface area contributed by atoms with Crippen LogP contribution in [0.1, 0.15) is 49.2 Å². The lowest BCUT2D eigenvalue weighted by molar-refractivity contribution is 0.0662. The fraction of sp³-hybridized carbons (Fsp3) is 0.357. The fourth-order valence-corrected chi connectivity index (χ4v) is 4.10. The molecule has 1 aliphatic rings. The number of hydrogen-bond donors (Lipinski definition) is 1.